The molecule has 0 bridgehead atoms. The van der Waals surface area contributed by atoms with Gasteiger partial charge in [0.25, 0.3) is 5.91 Å². The third-order valence-electron chi connectivity index (χ3n) is 3.15. The molecule has 2 aromatic rings. The Kier molecular flexibility index (Phi) is 6.39. The van der Waals surface area contributed by atoms with Gasteiger partial charge in [-0.25, -0.2) is 0 Å². The normalized spacial score (nSPS) is 10.2. The van der Waals surface area contributed by atoms with Gasteiger partial charge in [-0.15, -0.1) is 0 Å². The molecule has 22 heavy (non-hydrogen) atoms. The van der Waals surface area contributed by atoms with Gasteiger partial charge < -0.3 is 15.4 Å². The minimum atomic E-state index is -0.119. The van der Waals surface area contributed by atoms with Crippen molar-refractivity contribution in [1.29, 1.82) is 0 Å². The molecule has 5 heteroatoms. The molecule has 1 amide bonds. The number of amides is 1. The predicted molar refractivity (Wildman–Crippen MR) is 86.8 cm³/mol. The number of rotatable bonds is 8. The maximum Gasteiger partial charge on any atom is 0.252 e. The molecule has 0 atom stereocenters. The molecule has 1 heterocycles. The Labute approximate surface area is 130 Å². The zero-order valence-electron chi connectivity index (χ0n) is 12.7. The number of nitrogens with one attached hydrogen (secondary N) is 2. The molecular formula is C17H21N3O2. The van der Waals surface area contributed by atoms with Crippen LogP contribution >= 0.6 is 0 Å². The summed E-state index contributed by atoms with van der Waals surface area (Å²) in [5.74, 6) is -0.119. The fourth-order valence-electron chi connectivity index (χ4n) is 1.98. The van der Waals surface area contributed by atoms with Crippen LogP contribution in [-0.2, 0) is 11.3 Å². The minimum absolute atomic E-state index is 0.119. The summed E-state index contributed by atoms with van der Waals surface area (Å²) in [4.78, 5) is 16.1. The third-order valence-corrected chi connectivity index (χ3v) is 3.15. The SMILES string of the molecule is COCCCNC(=O)c1cncc(NCc2ccccc2)c1. The Bertz CT molecular complexity index is 587. The highest BCUT2D eigenvalue weighted by Crippen LogP contribution is 2.10. The summed E-state index contributed by atoms with van der Waals surface area (Å²) < 4.78 is 4.95. The second-order valence-electron chi connectivity index (χ2n) is 4.90. The number of methoxy groups -OCH3 is 1. The molecule has 0 aliphatic heterocycles. The van der Waals surface area contributed by atoms with E-state index in [-0.39, 0.29) is 5.91 Å². The van der Waals surface area contributed by atoms with Crippen molar-refractivity contribution in [3.8, 4) is 0 Å². The van der Waals surface area contributed by atoms with Crippen LogP contribution in [0.15, 0.2) is 48.8 Å². The molecule has 0 spiro atoms. The van der Waals surface area contributed by atoms with Gasteiger partial charge in [0.1, 0.15) is 0 Å². The van der Waals surface area contributed by atoms with Gasteiger partial charge in [0.15, 0.2) is 0 Å². The van der Waals surface area contributed by atoms with Crippen LogP contribution < -0.4 is 10.6 Å². The maximum absolute atomic E-state index is 12.0. The van der Waals surface area contributed by atoms with Crippen LogP contribution in [0.1, 0.15) is 22.3 Å². The molecule has 0 fully saturated rings. The van der Waals surface area contributed by atoms with E-state index in [0.717, 1.165) is 12.1 Å². The Morgan fingerprint density at radius 1 is 1.23 bits per heavy atom. The largest absolute Gasteiger partial charge is 0.385 e. The lowest BCUT2D eigenvalue weighted by Gasteiger charge is -2.08. The number of hydrogen-bond donors (Lipinski definition) is 2. The van der Waals surface area contributed by atoms with Crippen molar-refractivity contribution in [3.05, 3.63) is 59.9 Å². The molecule has 0 unspecified atom stereocenters. The van der Waals surface area contributed by atoms with Gasteiger partial charge >= 0.3 is 0 Å². The van der Waals surface area contributed by atoms with E-state index in [1.807, 2.05) is 36.4 Å². The topological polar surface area (TPSA) is 63.2 Å². The molecule has 1 aromatic carbocycles. The lowest BCUT2D eigenvalue weighted by molar-refractivity contribution is 0.0948. The first-order valence-corrected chi connectivity index (χ1v) is 7.29. The van der Waals surface area contributed by atoms with E-state index in [9.17, 15) is 4.79 Å². The number of carbonyl (C=O) groups excluding carboxylic acids is 1. The summed E-state index contributed by atoms with van der Waals surface area (Å²) in [5.41, 5.74) is 2.56. The zero-order valence-corrected chi connectivity index (χ0v) is 12.7. The van der Waals surface area contributed by atoms with E-state index in [1.165, 1.54) is 5.56 Å². The summed E-state index contributed by atoms with van der Waals surface area (Å²) >= 11 is 0. The number of ether oxygens (including phenoxy) is 1. The van der Waals surface area contributed by atoms with Crippen molar-refractivity contribution in [1.82, 2.24) is 10.3 Å². The Hall–Kier alpha value is -2.40. The number of hydrogen-bond acceptors (Lipinski definition) is 4. The monoisotopic (exact) mass is 299 g/mol. The van der Waals surface area contributed by atoms with Crippen molar-refractivity contribution in [2.75, 3.05) is 25.6 Å². The smallest absolute Gasteiger partial charge is 0.252 e. The highest BCUT2D eigenvalue weighted by Gasteiger charge is 2.06. The number of benzene rings is 1. The molecular weight excluding hydrogens is 278 g/mol. The van der Waals surface area contributed by atoms with E-state index in [1.54, 1.807) is 19.5 Å². The van der Waals surface area contributed by atoms with E-state index < -0.39 is 0 Å². The van der Waals surface area contributed by atoms with Crippen LogP contribution in [0.2, 0.25) is 0 Å². The summed E-state index contributed by atoms with van der Waals surface area (Å²) in [6, 6.07) is 11.9. The molecule has 0 saturated carbocycles. The summed E-state index contributed by atoms with van der Waals surface area (Å²) in [5, 5.41) is 6.12. The average molecular weight is 299 g/mol. The highest BCUT2D eigenvalue weighted by molar-refractivity contribution is 5.94. The Balaban J connectivity index is 1.87. The van der Waals surface area contributed by atoms with Crippen molar-refractivity contribution in [2.45, 2.75) is 13.0 Å². The molecule has 0 aliphatic rings. The molecule has 116 valence electrons. The standard InChI is InChI=1S/C17H21N3O2/c1-22-9-5-8-19-17(21)15-10-16(13-18-12-15)20-11-14-6-3-2-4-7-14/h2-4,6-7,10,12-13,20H,5,8-9,11H2,1H3,(H,19,21). The van der Waals surface area contributed by atoms with Crippen molar-refractivity contribution in [3.63, 3.8) is 0 Å². The lowest BCUT2D eigenvalue weighted by atomic mass is 10.2. The van der Waals surface area contributed by atoms with E-state index in [4.69, 9.17) is 4.74 Å². The first-order chi connectivity index (χ1) is 10.8. The van der Waals surface area contributed by atoms with Crippen molar-refractivity contribution in [2.24, 2.45) is 0 Å². The summed E-state index contributed by atoms with van der Waals surface area (Å²) in [7, 11) is 1.65. The van der Waals surface area contributed by atoms with Gasteiger partial charge in [0.05, 0.1) is 11.3 Å². The van der Waals surface area contributed by atoms with Crippen LogP contribution in [0.3, 0.4) is 0 Å². The van der Waals surface area contributed by atoms with Crippen LogP contribution in [0.25, 0.3) is 0 Å². The second kappa shape index (κ2) is 8.79. The van der Waals surface area contributed by atoms with Crippen LogP contribution in [0.5, 0.6) is 0 Å². The first-order valence-electron chi connectivity index (χ1n) is 7.29. The Morgan fingerprint density at radius 2 is 2.05 bits per heavy atom. The van der Waals surface area contributed by atoms with Crippen LogP contribution in [0.4, 0.5) is 5.69 Å². The van der Waals surface area contributed by atoms with Gasteiger partial charge in [0, 0.05) is 39.2 Å². The quantitative estimate of drug-likeness (QED) is 0.735. The molecule has 1 aromatic heterocycles. The van der Waals surface area contributed by atoms with E-state index >= 15 is 0 Å². The fraction of sp³-hybridized carbons (Fsp3) is 0.294. The summed E-state index contributed by atoms with van der Waals surface area (Å²) in [6.07, 6.45) is 4.08. The molecule has 2 rings (SSSR count). The van der Waals surface area contributed by atoms with Gasteiger partial charge in [-0.2, -0.15) is 0 Å². The first kappa shape index (κ1) is 16.0. The highest BCUT2D eigenvalue weighted by atomic mass is 16.5. The minimum Gasteiger partial charge on any atom is -0.385 e. The fourth-order valence-corrected chi connectivity index (χ4v) is 1.98. The Morgan fingerprint density at radius 3 is 2.82 bits per heavy atom. The lowest BCUT2D eigenvalue weighted by Crippen LogP contribution is -2.25. The molecule has 5 nitrogen and oxygen atoms in total. The average Bonchev–Trinajstić information content (AvgIpc) is 2.58. The van der Waals surface area contributed by atoms with Crippen molar-refractivity contribution >= 4 is 11.6 Å². The number of aromatic nitrogens is 1. The summed E-state index contributed by atoms with van der Waals surface area (Å²) in [6.45, 7) is 1.92. The maximum atomic E-state index is 12.0. The van der Waals surface area contributed by atoms with Gasteiger partial charge in [0.2, 0.25) is 0 Å². The van der Waals surface area contributed by atoms with E-state index in [0.29, 0.717) is 25.3 Å². The third kappa shape index (κ3) is 5.18. The van der Waals surface area contributed by atoms with Gasteiger partial charge in [-0.05, 0) is 18.1 Å². The number of anilines is 1. The van der Waals surface area contributed by atoms with E-state index in [2.05, 4.69) is 15.6 Å². The number of carbonyl (C=O) groups is 1. The molecule has 0 saturated heterocycles. The molecule has 0 radical (unpaired) electrons. The number of nitrogens with zero attached hydrogens (tertiary/aromatic N) is 1. The molecule has 2 N–H and O–H groups in total. The molecule has 0 aliphatic carbocycles. The van der Waals surface area contributed by atoms with Gasteiger partial charge in [-0.1, -0.05) is 30.3 Å². The van der Waals surface area contributed by atoms with Crippen LogP contribution in [-0.4, -0.2) is 31.2 Å². The number of pyridine rings is 1. The zero-order chi connectivity index (χ0) is 15.6. The predicted octanol–water partition coefficient (Wildman–Crippen LogP) is 2.46. The van der Waals surface area contributed by atoms with Crippen LogP contribution in [0, 0.1) is 0 Å². The van der Waals surface area contributed by atoms with Crippen molar-refractivity contribution < 1.29 is 9.53 Å². The van der Waals surface area contributed by atoms with Gasteiger partial charge in [-0.3, -0.25) is 9.78 Å². The second-order valence-corrected chi connectivity index (χ2v) is 4.90.